The van der Waals surface area contributed by atoms with Crippen LogP contribution in [0.15, 0.2) is 205 Å². The molecule has 0 saturated heterocycles. The van der Waals surface area contributed by atoms with Gasteiger partial charge in [-0.15, -0.1) is 0 Å². The standard InChI is InChI=1S/C57H33N3O/c1-2-11-39(12-3-1)55-58-56(60-57(59-55)50-33-40-13-4-7-22-49(40)61-50)47-18-6-5-17-43(47)35-25-23-34(24-26-35)42-31-41-30-29-38-15-9-20-45-44-19-8-14-36-27-28-37-16-10-21-46(53(37)51(36)44)48(32-42)54(41)52(38)45/h1-33H. The number of para-hydroxylation sites is 1. The largest absolute Gasteiger partial charge is 0.453 e. The van der Waals surface area contributed by atoms with Gasteiger partial charge in [0.1, 0.15) is 5.58 Å². The highest BCUT2D eigenvalue weighted by molar-refractivity contribution is 6.37. The first kappa shape index (κ1) is 33.7. The molecule has 0 fully saturated rings. The SMILES string of the molecule is c1ccc(-c2nc(-c3cc4ccccc4o3)nc(-c3ccccc3-c3ccc(-c4cc5ccc6cccc7c8cccc9ccc%10cccc(c(c4)c5c67)c%10c98)cc3)n2)cc1. The summed E-state index contributed by atoms with van der Waals surface area (Å²) < 4.78 is 6.28. The average Bonchev–Trinajstić information content (AvgIpc) is 3.77. The summed E-state index contributed by atoms with van der Waals surface area (Å²) in [5.74, 6) is 2.27. The molecule has 0 N–H and O–H groups in total. The van der Waals surface area contributed by atoms with Crippen molar-refractivity contribution in [2.45, 2.75) is 0 Å². The molecule has 13 rings (SSSR count). The summed E-state index contributed by atoms with van der Waals surface area (Å²) in [6.07, 6.45) is 0. The molecule has 0 saturated carbocycles. The highest BCUT2D eigenvalue weighted by atomic mass is 16.3. The molecule has 0 aliphatic carbocycles. The number of hydrogen-bond acceptors (Lipinski definition) is 4. The predicted octanol–water partition coefficient (Wildman–Crippen LogP) is 15.3. The van der Waals surface area contributed by atoms with Gasteiger partial charge < -0.3 is 4.42 Å². The Morgan fingerprint density at radius 1 is 0.279 bits per heavy atom. The topological polar surface area (TPSA) is 51.8 Å². The second kappa shape index (κ2) is 13.2. The normalized spacial score (nSPS) is 11.9. The van der Waals surface area contributed by atoms with E-state index < -0.39 is 0 Å². The summed E-state index contributed by atoms with van der Waals surface area (Å²) in [6, 6.07) is 71.5. The lowest BCUT2D eigenvalue weighted by molar-refractivity contribution is 0.625. The highest BCUT2D eigenvalue weighted by Crippen LogP contribution is 2.45. The Balaban J connectivity index is 0.981. The maximum absolute atomic E-state index is 6.28. The van der Waals surface area contributed by atoms with Crippen molar-refractivity contribution in [1.82, 2.24) is 15.0 Å². The predicted molar refractivity (Wildman–Crippen MR) is 253 cm³/mol. The molecule has 2 heterocycles. The molecule has 0 radical (unpaired) electrons. The molecular weight excluding hydrogens is 743 g/mol. The van der Waals surface area contributed by atoms with E-state index in [1.165, 1.54) is 70.2 Å². The van der Waals surface area contributed by atoms with E-state index in [0.717, 1.165) is 38.8 Å². The Hall–Kier alpha value is -8.21. The highest BCUT2D eigenvalue weighted by Gasteiger charge is 2.19. The van der Waals surface area contributed by atoms with Crippen LogP contribution in [0.1, 0.15) is 0 Å². The van der Waals surface area contributed by atoms with Crippen molar-refractivity contribution in [2.24, 2.45) is 0 Å². The van der Waals surface area contributed by atoms with Crippen LogP contribution in [0.25, 0.3) is 132 Å². The molecule has 61 heavy (non-hydrogen) atoms. The van der Waals surface area contributed by atoms with Crippen LogP contribution in [0.2, 0.25) is 0 Å². The molecule has 0 unspecified atom stereocenters. The molecule has 282 valence electrons. The lowest BCUT2D eigenvalue weighted by Crippen LogP contribution is -2.00. The fourth-order valence-corrected chi connectivity index (χ4v) is 9.64. The van der Waals surface area contributed by atoms with E-state index in [0.29, 0.717) is 23.2 Å². The van der Waals surface area contributed by atoms with Gasteiger partial charge >= 0.3 is 0 Å². The van der Waals surface area contributed by atoms with Gasteiger partial charge in [0.05, 0.1) is 0 Å². The van der Waals surface area contributed by atoms with Gasteiger partial charge in [-0.25, -0.2) is 15.0 Å². The first-order chi connectivity index (χ1) is 30.2. The number of rotatable bonds is 5. The molecular formula is C57H33N3O. The van der Waals surface area contributed by atoms with Crippen molar-refractivity contribution in [3.05, 3.63) is 200 Å². The number of nitrogens with zero attached hydrogens (tertiary/aromatic N) is 3. The third-order valence-electron chi connectivity index (χ3n) is 12.4. The van der Waals surface area contributed by atoms with Crippen LogP contribution in [-0.2, 0) is 0 Å². The fourth-order valence-electron chi connectivity index (χ4n) is 9.64. The van der Waals surface area contributed by atoms with Gasteiger partial charge in [-0.2, -0.15) is 0 Å². The summed E-state index contributed by atoms with van der Waals surface area (Å²) in [6.45, 7) is 0. The van der Waals surface area contributed by atoms with Gasteiger partial charge in [-0.1, -0.05) is 176 Å². The van der Waals surface area contributed by atoms with Gasteiger partial charge in [-0.3, -0.25) is 0 Å². The van der Waals surface area contributed by atoms with E-state index in [2.05, 4.69) is 133 Å². The quantitative estimate of drug-likeness (QED) is 0.163. The zero-order valence-corrected chi connectivity index (χ0v) is 32.8. The fraction of sp³-hybridized carbons (Fsp3) is 0. The van der Waals surface area contributed by atoms with Crippen LogP contribution in [0.5, 0.6) is 0 Å². The Kier molecular flexibility index (Phi) is 7.27. The Bertz CT molecular complexity index is 3830. The van der Waals surface area contributed by atoms with E-state index in [9.17, 15) is 0 Å². The molecule has 0 aliphatic heterocycles. The number of hydrogen-bond donors (Lipinski definition) is 0. The van der Waals surface area contributed by atoms with Gasteiger partial charge in [0.2, 0.25) is 0 Å². The van der Waals surface area contributed by atoms with Crippen LogP contribution in [0.4, 0.5) is 0 Å². The van der Waals surface area contributed by atoms with Crippen LogP contribution < -0.4 is 0 Å². The second-order valence-corrected chi connectivity index (χ2v) is 15.9. The van der Waals surface area contributed by atoms with Crippen molar-refractivity contribution in [3.8, 4) is 56.6 Å². The summed E-state index contributed by atoms with van der Waals surface area (Å²) in [5, 5.41) is 16.3. The zero-order valence-electron chi connectivity index (χ0n) is 32.8. The van der Waals surface area contributed by atoms with Crippen molar-refractivity contribution in [3.63, 3.8) is 0 Å². The maximum atomic E-state index is 6.28. The number of benzene rings is 10. The minimum Gasteiger partial charge on any atom is -0.453 e. The molecule has 0 aliphatic rings. The van der Waals surface area contributed by atoms with E-state index in [-0.39, 0.29) is 0 Å². The monoisotopic (exact) mass is 775 g/mol. The Morgan fingerprint density at radius 3 is 1.49 bits per heavy atom. The van der Waals surface area contributed by atoms with Crippen molar-refractivity contribution < 1.29 is 4.42 Å². The van der Waals surface area contributed by atoms with Crippen molar-refractivity contribution >= 4 is 75.6 Å². The van der Waals surface area contributed by atoms with Crippen molar-refractivity contribution in [2.75, 3.05) is 0 Å². The van der Waals surface area contributed by atoms with E-state index in [4.69, 9.17) is 19.4 Å². The molecule has 0 amide bonds. The first-order valence-corrected chi connectivity index (χ1v) is 20.7. The van der Waals surface area contributed by atoms with Crippen LogP contribution in [-0.4, -0.2) is 15.0 Å². The minimum atomic E-state index is 0.493. The van der Waals surface area contributed by atoms with Crippen LogP contribution >= 0.6 is 0 Å². The third kappa shape index (κ3) is 5.29. The summed E-state index contributed by atoms with van der Waals surface area (Å²) in [4.78, 5) is 15.1. The second-order valence-electron chi connectivity index (χ2n) is 15.9. The lowest BCUT2D eigenvalue weighted by Gasteiger charge is -2.17. The van der Waals surface area contributed by atoms with Gasteiger partial charge in [0.25, 0.3) is 0 Å². The van der Waals surface area contributed by atoms with E-state index >= 15 is 0 Å². The van der Waals surface area contributed by atoms with E-state index in [1.54, 1.807) is 0 Å². The smallest absolute Gasteiger partial charge is 0.199 e. The average molecular weight is 776 g/mol. The molecule has 4 heteroatoms. The summed E-state index contributed by atoms with van der Waals surface area (Å²) in [5.41, 5.74) is 7.06. The Morgan fingerprint density at radius 2 is 0.803 bits per heavy atom. The maximum Gasteiger partial charge on any atom is 0.199 e. The van der Waals surface area contributed by atoms with Gasteiger partial charge in [0, 0.05) is 16.5 Å². The molecule has 0 atom stereocenters. The molecule has 13 aromatic rings. The first-order valence-electron chi connectivity index (χ1n) is 20.7. The lowest BCUT2D eigenvalue weighted by atomic mass is 9.86. The van der Waals surface area contributed by atoms with Crippen LogP contribution in [0, 0.1) is 0 Å². The minimum absolute atomic E-state index is 0.493. The molecule has 0 spiro atoms. The number of aromatic nitrogens is 3. The Labute approximate surface area is 350 Å². The molecule has 0 bridgehead atoms. The summed E-state index contributed by atoms with van der Waals surface area (Å²) >= 11 is 0. The number of furan rings is 1. The third-order valence-corrected chi connectivity index (χ3v) is 12.4. The van der Waals surface area contributed by atoms with Crippen molar-refractivity contribution in [1.29, 1.82) is 0 Å². The van der Waals surface area contributed by atoms with Gasteiger partial charge in [-0.05, 0) is 111 Å². The number of fused-ring (bicyclic) bond motifs is 3. The molecule has 2 aromatic heterocycles. The zero-order chi connectivity index (χ0) is 40.0. The summed E-state index contributed by atoms with van der Waals surface area (Å²) in [7, 11) is 0. The van der Waals surface area contributed by atoms with E-state index in [1.807, 2.05) is 66.7 Å². The molecule has 4 nitrogen and oxygen atoms in total. The molecule has 11 aromatic carbocycles. The van der Waals surface area contributed by atoms with Crippen LogP contribution in [0.3, 0.4) is 0 Å². The van der Waals surface area contributed by atoms with Gasteiger partial charge in [0.15, 0.2) is 23.2 Å².